The molecule has 0 bridgehead atoms. The maximum Gasteiger partial charge on any atom is 0.248 e. The van der Waals surface area contributed by atoms with Crippen LogP contribution in [0.15, 0.2) is 51.6 Å². The lowest BCUT2D eigenvalue weighted by molar-refractivity contribution is -0.117. The van der Waals surface area contributed by atoms with Crippen molar-refractivity contribution in [2.24, 2.45) is 0 Å². The summed E-state index contributed by atoms with van der Waals surface area (Å²) in [6.07, 6.45) is 1.84. The molecule has 0 saturated carbocycles. The summed E-state index contributed by atoms with van der Waals surface area (Å²) in [5, 5.41) is 15.3. The molecule has 0 aliphatic carbocycles. The summed E-state index contributed by atoms with van der Waals surface area (Å²) in [6, 6.07) is 11.5. The number of anilines is 1. The van der Waals surface area contributed by atoms with Crippen molar-refractivity contribution < 1.29 is 9.21 Å². The van der Waals surface area contributed by atoms with E-state index in [1.165, 1.54) is 0 Å². The first-order chi connectivity index (χ1) is 12.8. The van der Waals surface area contributed by atoms with E-state index in [0.29, 0.717) is 18.3 Å². The normalized spacial score (nSPS) is 15.8. The van der Waals surface area contributed by atoms with E-state index >= 15 is 0 Å². The third kappa shape index (κ3) is 4.00. The van der Waals surface area contributed by atoms with Crippen LogP contribution in [0.1, 0.15) is 24.7 Å². The lowest BCUT2D eigenvalue weighted by Gasteiger charge is -2.29. The number of rotatable bonds is 5. The van der Waals surface area contributed by atoms with Crippen LogP contribution >= 0.6 is 11.3 Å². The first-order valence-electron chi connectivity index (χ1n) is 8.71. The molecule has 1 fully saturated rings. The molecule has 2 aromatic heterocycles. The zero-order valence-corrected chi connectivity index (χ0v) is 15.1. The smallest absolute Gasteiger partial charge is 0.248 e. The fourth-order valence-corrected chi connectivity index (χ4v) is 3.80. The third-order valence-electron chi connectivity index (χ3n) is 4.57. The Morgan fingerprint density at radius 2 is 2.00 bits per heavy atom. The molecule has 1 amide bonds. The highest BCUT2D eigenvalue weighted by atomic mass is 32.1. The van der Waals surface area contributed by atoms with Crippen LogP contribution in [0, 0.1) is 0 Å². The van der Waals surface area contributed by atoms with Crippen molar-refractivity contribution in [3.63, 3.8) is 0 Å². The predicted molar refractivity (Wildman–Crippen MR) is 101 cm³/mol. The summed E-state index contributed by atoms with van der Waals surface area (Å²) in [5.74, 6) is 1.58. The number of aromatic nitrogens is 2. The first-order valence-corrected chi connectivity index (χ1v) is 9.65. The van der Waals surface area contributed by atoms with Crippen molar-refractivity contribution in [3.8, 4) is 11.5 Å². The maximum absolute atomic E-state index is 12.2. The van der Waals surface area contributed by atoms with E-state index in [2.05, 4.69) is 20.4 Å². The minimum atomic E-state index is 0.0205. The van der Waals surface area contributed by atoms with Crippen LogP contribution in [0.25, 0.3) is 11.5 Å². The minimum absolute atomic E-state index is 0.0205. The molecule has 0 radical (unpaired) electrons. The van der Waals surface area contributed by atoms with E-state index in [9.17, 15) is 4.79 Å². The number of likely N-dealkylation sites (tertiary alicyclic amines) is 1. The van der Waals surface area contributed by atoms with Crippen molar-refractivity contribution in [1.82, 2.24) is 15.1 Å². The topological polar surface area (TPSA) is 71.3 Å². The maximum atomic E-state index is 12.2. The van der Waals surface area contributed by atoms with Gasteiger partial charge in [-0.2, -0.15) is 11.3 Å². The lowest BCUT2D eigenvalue weighted by atomic mass is 9.97. The molecule has 1 aromatic carbocycles. The quantitative estimate of drug-likeness (QED) is 0.745. The minimum Gasteiger partial charge on any atom is -0.420 e. The number of carbonyl (C=O) groups excluding carboxylic acids is 1. The van der Waals surface area contributed by atoms with Gasteiger partial charge in [0.25, 0.3) is 0 Å². The molecule has 6 nitrogen and oxygen atoms in total. The molecule has 7 heteroatoms. The second-order valence-electron chi connectivity index (χ2n) is 6.42. The van der Waals surface area contributed by atoms with E-state index < -0.39 is 0 Å². The number of nitrogens with one attached hydrogen (secondary N) is 1. The number of amides is 1. The highest BCUT2D eigenvalue weighted by Crippen LogP contribution is 2.29. The molecule has 3 heterocycles. The number of carbonyl (C=O) groups is 1. The van der Waals surface area contributed by atoms with Gasteiger partial charge < -0.3 is 9.73 Å². The van der Waals surface area contributed by atoms with E-state index in [1.54, 1.807) is 11.3 Å². The van der Waals surface area contributed by atoms with Gasteiger partial charge in [-0.1, -0.05) is 18.2 Å². The Bertz CT molecular complexity index is 840. The highest BCUT2D eigenvalue weighted by molar-refractivity contribution is 7.08. The van der Waals surface area contributed by atoms with Crippen molar-refractivity contribution in [1.29, 1.82) is 0 Å². The Labute approximate surface area is 155 Å². The van der Waals surface area contributed by atoms with Crippen LogP contribution in [0.5, 0.6) is 0 Å². The molecule has 4 rings (SSSR count). The molecule has 3 aromatic rings. The number of piperidine rings is 1. The van der Waals surface area contributed by atoms with Gasteiger partial charge in [-0.15, -0.1) is 10.2 Å². The highest BCUT2D eigenvalue weighted by Gasteiger charge is 2.26. The van der Waals surface area contributed by atoms with Crippen LogP contribution in [-0.4, -0.2) is 40.6 Å². The monoisotopic (exact) mass is 368 g/mol. The Kier molecular flexibility index (Phi) is 5.08. The average molecular weight is 368 g/mol. The number of hydrogen-bond acceptors (Lipinski definition) is 6. The summed E-state index contributed by atoms with van der Waals surface area (Å²) in [5.41, 5.74) is 1.81. The third-order valence-corrected chi connectivity index (χ3v) is 5.25. The Balaban J connectivity index is 1.28. The van der Waals surface area contributed by atoms with Crippen LogP contribution in [0.2, 0.25) is 0 Å². The van der Waals surface area contributed by atoms with E-state index in [4.69, 9.17) is 4.42 Å². The fourth-order valence-electron chi connectivity index (χ4n) is 3.17. The van der Waals surface area contributed by atoms with Gasteiger partial charge in [0.15, 0.2) is 0 Å². The standard InChI is InChI=1S/C19H20N4O2S/c24-17(20-16-4-2-1-3-5-16)12-23-9-6-14(7-10-23)18-21-22-19(25-18)15-8-11-26-13-15/h1-5,8,11,13-14H,6-7,9-10,12H2,(H,20,24). The number of nitrogens with zero attached hydrogens (tertiary/aromatic N) is 3. The lowest BCUT2D eigenvalue weighted by Crippen LogP contribution is -2.38. The van der Waals surface area contributed by atoms with E-state index in [0.717, 1.165) is 37.2 Å². The first kappa shape index (κ1) is 16.9. The van der Waals surface area contributed by atoms with Gasteiger partial charge in [0.1, 0.15) is 0 Å². The number of hydrogen-bond donors (Lipinski definition) is 1. The van der Waals surface area contributed by atoms with Gasteiger partial charge in [-0.05, 0) is 49.5 Å². The van der Waals surface area contributed by atoms with Crippen LogP contribution in [0.3, 0.4) is 0 Å². The van der Waals surface area contributed by atoms with Gasteiger partial charge in [0.2, 0.25) is 17.7 Å². The molecule has 0 spiro atoms. The van der Waals surface area contributed by atoms with Crippen LogP contribution in [-0.2, 0) is 4.79 Å². The molecule has 1 aliphatic heterocycles. The molecular weight excluding hydrogens is 348 g/mol. The molecule has 0 atom stereocenters. The van der Waals surface area contributed by atoms with Gasteiger partial charge in [-0.25, -0.2) is 0 Å². The molecule has 0 unspecified atom stereocenters. The van der Waals surface area contributed by atoms with Crippen molar-refractivity contribution in [2.45, 2.75) is 18.8 Å². The fraction of sp³-hybridized carbons (Fsp3) is 0.316. The Hall–Kier alpha value is -2.51. The number of benzene rings is 1. The average Bonchev–Trinajstić information content (AvgIpc) is 3.35. The van der Waals surface area contributed by atoms with Gasteiger partial charge in [0, 0.05) is 22.5 Å². The molecule has 1 N–H and O–H groups in total. The molecule has 1 aliphatic rings. The zero-order valence-electron chi connectivity index (χ0n) is 14.3. The summed E-state index contributed by atoms with van der Waals surface area (Å²) >= 11 is 1.61. The molecule has 26 heavy (non-hydrogen) atoms. The van der Waals surface area contributed by atoms with Crippen LogP contribution < -0.4 is 5.32 Å². The summed E-state index contributed by atoms with van der Waals surface area (Å²) in [7, 11) is 0. The van der Waals surface area contributed by atoms with Gasteiger partial charge in [-0.3, -0.25) is 9.69 Å². The van der Waals surface area contributed by atoms with E-state index in [1.807, 2.05) is 47.2 Å². The number of thiophene rings is 1. The second kappa shape index (κ2) is 7.80. The molecular formula is C19H20N4O2S. The van der Waals surface area contributed by atoms with E-state index in [-0.39, 0.29) is 11.8 Å². The SMILES string of the molecule is O=C(CN1CCC(c2nnc(-c3ccsc3)o2)CC1)Nc1ccccc1. The Morgan fingerprint density at radius 3 is 2.73 bits per heavy atom. The van der Waals surface area contributed by atoms with Crippen LogP contribution in [0.4, 0.5) is 5.69 Å². The van der Waals surface area contributed by atoms with Crippen molar-refractivity contribution in [3.05, 3.63) is 53.0 Å². The van der Waals surface area contributed by atoms with Crippen molar-refractivity contribution >= 4 is 22.9 Å². The summed E-state index contributed by atoms with van der Waals surface area (Å²) < 4.78 is 5.85. The van der Waals surface area contributed by atoms with Gasteiger partial charge in [0.05, 0.1) is 6.54 Å². The van der Waals surface area contributed by atoms with Crippen molar-refractivity contribution in [2.75, 3.05) is 25.0 Å². The molecule has 1 saturated heterocycles. The predicted octanol–water partition coefficient (Wildman–Crippen LogP) is 3.62. The summed E-state index contributed by atoms with van der Waals surface area (Å²) in [6.45, 7) is 2.11. The Morgan fingerprint density at radius 1 is 1.19 bits per heavy atom. The zero-order chi connectivity index (χ0) is 17.8. The summed E-state index contributed by atoms with van der Waals surface area (Å²) in [4.78, 5) is 14.3. The largest absolute Gasteiger partial charge is 0.420 e. The van der Waals surface area contributed by atoms with Gasteiger partial charge >= 0.3 is 0 Å². The second-order valence-corrected chi connectivity index (χ2v) is 7.20. The molecule has 134 valence electrons. The number of para-hydroxylation sites is 1.